The molecule has 8 rings (SSSR count). The summed E-state index contributed by atoms with van der Waals surface area (Å²) in [6.07, 6.45) is 0. The molecule has 0 atom stereocenters. The maximum Gasteiger partial charge on any atom is 0.129 e. The maximum atomic E-state index is 5.91. The van der Waals surface area contributed by atoms with Gasteiger partial charge in [-0.3, -0.25) is 0 Å². The van der Waals surface area contributed by atoms with E-state index in [4.69, 9.17) is 41.9 Å². The SMILES string of the molecule is CC(C)(c1ccc(Oc2cccc(N)c2)cc1)c1ccc(Oc2cccc(N)c2)cc1.Nc1cccc(Oc2ccc(-c3ccc(Oc4cccc(N)c4)cc3)cc2)c1. The summed E-state index contributed by atoms with van der Waals surface area (Å²) in [5, 5.41) is 0. The monoisotopic (exact) mass is 778 g/mol. The molecule has 0 heterocycles. The molecule has 0 saturated heterocycles. The van der Waals surface area contributed by atoms with E-state index in [0.29, 0.717) is 22.7 Å². The molecule has 0 bridgehead atoms. The highest BCUT2D eigenvalue weighted by atomic mass is 16.5. The van der Waals surface area contributed by atoms with Crippen molar-refractivity contribution >= 4 is 22.7 Å². The summed E-state index contributed by atoms with van der Waals surface area (Å²) < 4.78 is 23.5. The molecule has 0 aromatic heterocycles. The molecule has 8 heteroatoms. The lowest BCUT2D eigenvalue weighted by atomic mass is 9.78. The summed E-state index contributed by atoms with van der Waals surface area (Å²) in [6, 6.07) is 61.8. The van der Waals surface area contributed by atoms with Gasteiger partial charge in [0, 0.05) is 52.4 Å². The Morgan fingerprint density at radius 2 is 0.525 bits per heavy atom. The molecule has 8 nitrogen and oxygen atoms in total. The molecule has 0 fully saturated rings. The summed E-state index contributed by atoms with van der Waals surface area (Å²) in [4.78, 5) is 0. The van der Waals surface area contributed by atoms with Gasteiger partial charge in [0.15, 0.2) is 0 Å². The Balaban J connectivity index is 0.000000180. The average Bonchev–Trinajstić information content (AvgIpc) is 3.22. The zero-order valence-corrected chi connectivity index (χ0v) is 32.9. The van der Waals surface area contributed by atoms with E-state index in [-0.39, 0.29) is 5.41 Å². The lowest BCUT2D eigenvalue weighted by Gasteiger charge is -2.26. The lowest BCUT2D eigenvalue weighted by molar-refractivity contribution is 0.481. The Morgan fingerprint density at radius 1 is 0.288 bits per heavy atom. The van der Waals surface area contributed by atoms with E-state index in [0.717, 1.165) is 57.1 Å². The first-order valence-electron chi connectivity index (χ1n) is 19.1. The highest BCUT2D eigenvalue weighted by Crippen LogP contribution is 2.35. The van der Waals surface area contributed by atoms with Gasteiger partial charge in [-0.25, -0.2) is 0 Å². The second kappa shape index (κ2) is 18.0. The highest BCUT2D eigenvalue weighted by molar-refractivity contribution is 5.65. The molecule has 0 spiro atoms. The van der Waals surface area contributed by atoms with Crippen molar-refractivity contribution in [3.05, 3.63) is 205 Å². The van der Waals surface area contributed by atoms with Crippen molar-refractivity contribution in [1.29, 1.82) is 0 Å². The Hall–Kier alpha value is -7.84. The Kier molecular flexibility index (Phi) is 12.0. The van der Waals surface area contributed by atoms with Crippen LogP contribution in [0.15, 0.2) is 194 Å². The van der Waals surface area contributed by atoms with Crippen LogP contribution in [0.4, 0.5) is 22.7 Å². The van der Waals surface area contributed by atoms with Gasteiger partial charge in [0.05, 0.1) is 0 Å². The van der Waals surface area contributed by atoms with Crippen molar-refractivity contribution in [2.24, 2.45) is 0 Å². The second-order valence-electron chi connectivity index (χ2n) is 14.4. The van der Waals surface area contributed by atoms with Gasteiger partial charge in [0.2, 0.25) is 0 Å². The number of rotatable bonds is 11. The van der Waals surface area contributed by atoms with Crippen LogP contribution < -0.4 is 41.9 Å². The van der Waals surface area contributed by atoms with Crippen molar-refractivity contribution in [3.8, 4) is 57.1 Å². The molecule has 0 aliphatic rings. The molecule has 0 aliphatic heterocycles. The summed E-state index contributed by atoms with van der Waals surface area (Å²) in [6.45, 7) is 4.41. The standard InChI is InChI=1S/C27H26N2O2.C24H20N2O2/c1-27(2,19-9-13-23(14-10-19)30-25-7-3-5-21(28)17-25)20-11-15-24(16-12-20)31-26-8-4-6-22(29)18-26;25-19-3-1-5-23(15-19)27-21-11-7-17(8-12-21)18-9-13-22(14-10-18)28-24-6-2-4-20(26)16-24/h3-18H,28-29H2,1-2H3;1-16H,25-26H2. The summed E-state index contributed by atoms with van der Waals surface area (Å²) in [7, 11) is 0. The Labute approximate surface area is 345 Å². The van der Waals surface area contributed by atoms with Crippen molar-refractivity contribution < 1.29 is 18.9 Å². The topological polar surface area (TPSA) is 141 Å². The van der Waals surface area contributed by atoms with E-state index in [1.165, 1.54) is 11.1 Å². The molecule has 0 radical (unpaired) electrons. The van der Waals surface area contributed by atoms with Crippen LogP contribution in [0.25, 0.3) is 11.1 Å². The van der Waals surface area contributed by atoms with E-state index >= 15 is 0 Å². The largest absolute Gasteiger partial charge is 0.457 e. The van der Waals surface area contributed by atoms with E-state index in [1.807, 2.05) is 158 Å². The molecule has 0 aliphatic carbocycles. The average molecular weight is 779 g/mol. The summed E-state index contributed by atoms with van der Waals surface area (Å²) >= 11 is 0. The number of ether oxygens (including phenoxy) is 4. The van der Waals surface area contributed by atoms with Gasteiger partial charge in [-0.15, -0.1) is 0 Å². The summed E-state index contributed by atoms with van der Waals surface area (Å²) in [5.74, 6) is 5.95. The third-order valence-corrected chi connectivity index (χ3v) is 9.57. The minimum atomic E-state index is -0.175. The minimum Gasteiger partial charge on any atom is -0.457 e. The van der Waals surface area contributed by atoms with Crippen molar-refractivity contribution in [3.63, 3.8) is 0 Å². The van der Waals surface area contributed by atoms with Gasteiger partial charge in [-0.05, 0) is 119 Å². The van der Waals surface area contributed by atoms with Gasteiger partial charge in [-0.2, -0.15) is 0 Å². The van der Waals surface area contributed by atoms with Crippen LogP contribution in [0.3, 0.4) is 0 Å². The molecule has 8 aromatic carbocycles. The van der Waals surface area contributed by atoms with Crippen LogP contribution in [0.2, 0.25) is 0 Å². The van der Waals surface area contributed by atoms with Crippen LogP contribution >= 0.6 is 0 Å². The molecular weight excluding hydrogens is 733 g/mol. The fraction of sp³-hybridized carbons (Fsp3) is 0.0588. The predicted molar refractivity (Wildman–Crippen MR) is 241 cm³/mol. The zero-order valence-electron chi connectivity index (χ0n) is 32.9. The van der Waals surface area contributed by atoms with Gasteiger partial charge in [0.25, 0.3) is 0 Å². The number of hydrogen-bond donors (Lipinski definition) is 4. The Morgan fingerprint density at radius 3 is 0.763 bits per heavy atom. The molecule has 0 amide bonds. The van der Waals surface area contributed by atoms with Crippen LogP contribution in [0, 0.1) is 0 Å². The van der Waals surface area contributed by atoms with E-state index in [2.05, 4.69) is 38.1 Å². The zero-order chi connectivity index (χ0) is 41.2. The van der Waals surface area contributed by atoms with Crippen LogP contribution in [-0.4, -0.2) is 0 Å². The van der Waals surface area contributed by atoms with E-state index < -0.39 is 0 Å². The smallest absolute Gasteiger partial charge is 0.129 e. The molecule has 59 heavy (non-hydrogen) atoms. The first-order valence-corrected chi connectivity index (χ1v) is 19.1. The molecule has 8 aromatic rings. The fourth-order valence-corrected chi connectivity index (χ4v) is 6.33. The van der Waals surface area contributed by atoms with Gasteiger partial charge >= 0.3 is 0 Å². The number of anilines is 4. The fourth-order valence-electron chi connectivity index (χ4n) is 6.33. The van der Waals surface area contributed by atoms with Gasteiger partial charge < -0.3 is 41.9 Å². The van der Waals surface area contributed by atoms with Crippen LogP contribution in [0.5, 0.6) is 46.0 Å². The highest BCUT2D eigenvalue weighted by Gasteiger charge is 2.23. The number of nitrogen functional groups attached to an aromatic ring is 4. The van der Waals surface area contributed by atoms with Gasteiger partial charge in [0.1, 0.15) is 46.0 Å². The molecular formula is C51H46N4O4. The molecule has 0 saturated carbocycles. The van der Waals surface area contributed by atoms with Crippen LogP contribution in [-0.2, 0) is 5.41 Å². The van der Waals surface area contributed by atoms with E-state index in [9.17, 15) is 0 Å². The lowest BCUT2D eigenvalue weighted by Crippen LogP contribution is -2.18. The number of hydrogen-bond acceptors (Lipinski definition) is 8. The molecule has 0 unspecified atom stereocenters. The quantitative estimate of drug-likeness (QED) is 0.0951. The molecule has 294 valence electrons. The Bertz CT molecular complexity index is 2430. The van der Waals surface area contributed by atoms with Crippen molar-refractivity contribution in [2.45, 2.75) is 19.3 Å². The second-order valence-corrected chi connectivity index (χ2v) is 14.4. The first-order chi connectivity index (χ1) is 28.6. The third kappa shape index (κ3) is 10.7. The normalized spacial score (nSPS) is 10.8. The minimum absolute atomic E-state index is 0.175. The van der Waals surface area contributed by atoms with Crippen molar-refractivity contribution in [1.82, 2.24) is 0 Å². The van der Waals surface area contributed by atoms with Crippen LogP contribution in [0.1, 0.15) is 25.0 Å². The summed E-state index contributed by atoms with van der Waals surface area (Å²) in [5.41, 5.74) is 30.3. The third-order valence-electron chi connectivity index (χ3n) is 9.57. The van der Waals surface area contributed by atoms with Crippen molar-refractivity contribution in [2.75, 3.05) is 22.9 Å². The first kappa shape index (κ1) is 39.4. The predicted octanol–water partition coefficient (Wildman–Crippen LogP) is 12.9. The number of benzene rings is 8. The van der Waals surface area contributed by atoms with E-state index in [1.54, 1.807) is 12.1 Å². The van der Waals surface area contributed by atoms with Gasteiger partial charge in [-0.1, -0.05) is 86.6 Å². The molecule has 8 N–H and O–H groups in total. The maximum absolute atomic E-state index is 5.91. The number of nitrogens with two attached hydrogens (primary N) is 4.